The average Bonchev–Trinajstić information content (AvgIpc) is 1.96. The number of rotatable bonds is 1. The van der Waals surface area contributed by atoms with Crippen molar-refractivity contribution in [1.82, 2.24) is 5.01 Å². The van der Waals surface area contributed by atoms with Gasteiger partial charge in [-0.2, -0.15) is 18.1 Å². The Hall–Kier alpha value is -1.75. The molecule has 0 bridgehead atoms. The molecule has 1 fully saturated rings. The van der Waals surface area contributed by atoms with Gasteiger partial charge < -0.3 is 5.73 Å². The summed E-state index contributed by atoms with van der Waals surface area (Å²) < 4.78 is 0. The minimum Gasteiger partial charge on any atom is -0.359 e. The molecule has 0 spiro atoms. The van der Waals surface area contributed by atoms with Crippen LogP contribution in [-0.4, -0.2) is 17.0 Å². The molecular formula is C7H9N5. The van der Waals surface area contributed by atoms with Gasteiger partial charge in [-0.25, -0.2) is 0 Å². The molecule has 1 aliphatic carbocycles. The molecule has 0 saturated heterocycles. The Morgan fingerprint density at radius 1 is 1.50 bits per heavy atom. The van der Waals surface area contributed by atoms with Crippen LogP contribution < -0.4 is 5.73 Å². The zero-order valence-corrected chi connectivity index (χ0v) is 6.56. The molecule has 62 valence electrons. The maximum Gasteiger partial charge on any atom is 0.346 e. The molecule has 1 rings (SSSR count). The fourth-order valence-electron chi connectivity index (χ4n) is 1.05. The second kappa shape index (κ2) is 3.59. The van der Waals surface area contributed by atoms with Gasteiger partial charge in [0.15, 0.2) is 0 Å². The van der Waals surface area contributed by atoms with Gasteiger partial charge in [-0.3, -0.25) is 0 Å². The molecule has 5 heteroatoms. The summed E-state index contributed by atoms with van der Waals surface area (Å²) in [6, 6.07) is 0.174. The molecule has 0 amide bonds. The maximum absolute atomic E-state index is 6.82. The van der Waals surface area contributed by atoms with Gasteiger partial charge in [0.05, 0.1) is 0 Å². The van der Waals surface area contributed by atoms with E-state index >= 15 is 0 Å². The number of guanidine groups is 1. The highest BCUT2D eigenvalue weighted by atomic mass is 15.5. The molecule has 0 heterocycles. The summed E-state index contributed by atoms with van der Waals surface area (Å²) in [5.41, 5.74) is 5.40. The van der Waals surface area contributed by atoms with E-state index in [2.05, 4.69) is 15.0 Å². The SMILES string of the molecule is [C-]#[N+]N=C(N)N([N+]#[C-])C1CCC1. The van der Waals surface area contributed by atoms with E-state index in [1.165, 1.54) is 5.01 Å². The van der Waals surface area contributed by atoms with Crippen molar-refractivity contribution in [2.45, 2.75) is 25.3 Å². The summed E-state index contributed by atoms with van der Waals surface area (Å²) in [7, 11) is 0. The summed E-state index contributed by atoms with van der Waals surface area (Å²) in [4.78, 5) is 5.99. The Morgan fingerprint density at radius 2 is 2.17 bits per heavy atom. The molecule has 12 heavy (non-hydrogen) atoms. The highest BCUT2D eigenvalue weighted by molar-refractivity contribution is 5.79. The van der Waals surface area contributed by atoms with E-state index in [1.54, 1.807) is 0 Å². The van der Waals surface area contributed by atoms with Gasteiger partial charge in [-0.1, -0.05) is 0 Å². The zero-order valence-electron chi connectivity index (χ0n) is 6.56. The lowest BCUT2D eigenvalue weighted by atomic mass is 9.93. The maximum atomic E-state index is 6.82. The van der Waals surface area contributed by atoms with Crippen LogP contribution in [0.5, 0.6) is 0 Å². The van der Waals surface area contributed by atoms with Crippen LogP contribution in [-0.2, 0) is 0 Å². The summed E-state index contributed by atoms with van der Waals surface area (Å²) >= 11 is 0. The molecule has 0 aromatic carbocycles. The lowest BCUT2D eigenvalue weighted by Gasteiger charge is -2.26. The molecule has 0 unspecified atom stereocenters. The first-order chi connectivity index (χ1) is 5.79. The van der Waals surface area contributed by atoms with Crippen molar-refractivity contribution in [3.05, 3.63) is 23.1 Å². The fourth-order valence-corrected chi connectivity index (χ4v) is 1.05. The average molecular weight is 163 g/mol. The molecule has 2 N–H and O–H groups in total. The van der Waals surface area contributed by atoms with E-state index in [-0.39, 0.29) is 12.0 Å². The van der Waals surface area contributed by atoms with E-state index in [0.29, 0.717) is 0 Å². The van der Waals surface area contributed by atoms with Crippen LogP contribution in [0.4, 0.5) is 0 Å². The van der Waals surface area contributed by atoms with Crippen molar-refractivity contribution in [3.63, 3.8) is 0 Å². The van der Waals surface area contributed by atoms with Crippen LogP contribution in [0.1, 0.15) is 19.3 Å². The van der Waals surface area contributed by atoms with Crippen LogP contribution in [0.15, 0.2) is 5.10 Å². The smallest absolute Gasteiger partial charge is 0.346 e. The number of hydrogen-bond donors (Lipinski definition) is 1. The Kier molecular flexibility index (Phi) is 2.49. The van der Waals surface area contributed by atoms with Gasteiger partial charge in [0, 0.05) is 0 Å². The minimum absolute atomic E-state index is 0.0182. The summed E-state index contributed by atoms with van der Waals surface area (Å²) in [5.74, 6) is 0.0182. The van der Waals surface area contributed by atoms with Gasteiger partial charge in [-0.15, -0.1) is 4.95 Å². The first-order valence-corrected chi connectivity index (χ1v) is 3.66. The van der Waals surface area contributed by atoms with Crippen molar-refractivity contribution in [2.75, 3.05) is 0 Å². The van der Waals surface area contributed by atoms with Crippen molar-refractivity contribution in [1.29, 1.82) is 0 Å². The molecule has 5 nitrogen and oxygen atoms in total. The highest BCUT2D eigenvalue weighted by Gasteiger charge is 2.32. The molecule has 0 radical (unpaired) electrons. The number of nitrogens with two attached hydrogens (primary N) is 1. The highest BCUT2D eigenvalue weighted by Crippen LogP contribution is 2.24. The van der Waals surface area contributed by atoms with E-state index in [1.807, 2.05) is 0 Å². The molecule has 1 aliphatic rings. The van der Waals surface area contributed by atoms with Crippen LogP contribution in [0, 0.1) is 13.1 Å². The van der Waals surface area contributed by atoms with Gasteiger partial charge >= 0.3 is 5.96 Å². The molecule has 0 atom stereocenters. The van der Waals surface area contributed by atoms with Crippen LogP contribution in [0.25, 0.3) is 9.91 Å². The Morgan fingerprint density at radius 3 is 2.50 bits per heavy atom. The van der Waals surface area contributed by atoms with Crippen LogP contribution >= 0.6 is 0 Å². The van der Waals surface area contributed by atoms with E-state index in [9.17, 15) is 0 Å². The van der Waals surface area contributed by atoms with Crippen molar-refractivity contribution >= 4 is 5.96 Å². The Labute approximate surface area is 71.1 Å². The molecule has 0 aromatic heterocycles. The third-order valence-corrected chi connectivity index (χ3v) is 1.92. The predicted octanol–water partition coefficient (Wildman–Crippen LogP) is 0.824. The first kappa shape index (κ1) is 8.35. The van der Waals surface area contributed by atoms with E-state index < -0.39 is 0 Å². The van der Waals surface area contributed by atoms with Gasteiger partial charge in [0.2, 0.25) is 0 Å². The van der Waals surface area contributed by atoms with E-state index in [0.717, 1.165) is 19.3 Å². The number of nitrogens with zero attached hydrogens (tertiary/aromatic N) is 4. The van der Waals surface area contributed by atoms with Crippen LogP contribution in [0.2, 0.25) is 0 Å². The van der Waals surface area contributed by atoms with Crippen LogP contribution in [0.3, 0.4) is 0 Å². The summed E-state index contributed by atoms with van der Waals surface area (Å²) in [6.45, 7) is 13.3. The fraction of sp³-hybridized carbons (Fsp3) is 0.571. The summed E-state index contributed by atoms with van der Waals surface area (Å²) in [5, 5.41) is 4.59. The largest absolute Gasteiger partial charge is 0.359 e. The third-order valence-electron chi connectivity index (χ3n) is 1.92. The van der Waals surface area contributed by atoms with Gasteiger partial charge in [0.25, 0.3) is 0 Å². The van der Waals surface area contributed by atoms with Crippen molar-refractivity contribution in [3.8, 4) is 0 Å². The second-order valence-electron chi connectivity index (χ2n) is 2.59. The summed E-state index contributed by atoms with van der Waals surface area (Å²) in [6.07, 6.45) is 3.06. The molecular weight excluding hydrogens is 154 g/mol. The molecule has 1 saturated carbocycles. The quantitative estimate of drug-likeness (QED) is 0.269. The third kappa shape index (κ3) is 1.46. The van der Waals surface area contributed by atoms with Crippen molar-refractivity contribution in [2.24, 2.45) is 10.8 Å². The van der Waals surface area contributed by atoms with Crippen molar-refractivity contribution < 1.29 is 0 Å². The van der Waals surface area contributed by atoms with Gasteiger partial charge in [0.1, 0.15) is 11.1 Å². The zero-order chi connectivity index (χ0) is 8.97. The Balaban J connectivity index is 2.63. The normalized spacial score (nSPS) is 17.3. The monoisotopic (exact) mass is 163 g/mol. The number of hydrogen-bond acceptors (Lipinski definition) is 1. The lowest BCUT2D eigenvalue weighted by molar-refractivity contribution is 0.257. The molecule has 0 aliphatic heterocycles. The first-order valence-electron chi connectivity index (χ1n) is 3.66. The predicted molar refractivity (Wildman–Crippen MR) is 44.3 cm³/mol. The second-order valence-corrected chi connectivity index (χ2v) is 2.59. The topological polar surface area (TPSA) is 50.3 Å². The lowest BCUT2D eigenvalue weighted by Crippen LogP contribution is -2.43. The minimum atomic E-state index is 0.0182. The van der Waals surface area contributed by atoms with E-state index in [4.69, 9.17) is 18.9 Å². The standard InChI is InChI=1S/C7H9N5/c1-9-11-7(8)12(10-2)6-4-3-5-6/h6H,3-5H2,(H2,8,11). The molecule has 0 aromatic rings. The van der Waals surface area contributed by atoms with Gasteiger partial charge in [-0.05, 0) is 24.3 Å². The Bertz CT molecular complexity index is 265.